The summed E-state index contributed by atoms with van der Waals surface area (Å²) in [6, 6.07) is 13.3. The molecule has 6 heteroatoms. The molecule has 206 valence electrons. The average Bonchev–Trinajstić information content (AvgIpc) is 3.44. The maximum Gasteiger partial charge on any atom is 0.255 e. The first-order valence-electron chi connectivity index (χ1n) is 14.3. The Kier molecular flexibility index (Phi) is 13.8. The molecule has 38 heavy (non-hydrogen) atoms. The molecule has 0 bridgehead atoms. The molecule has 1 amide bonds. The van der Waals surface area contributed by atoms with Crippen LogP contribution in [0.3, 0.4) is 0 Å². The molecule has 0 aliphatic carbocycles. The van der Waals surface area contributed by atoms with E-state index in [2.05, 4.69) is 28.4 Å². The topological polar surface area (TPSA) is 51.4 Å². The number of ether oxygens (including phenoxy) is 2. The molecule has 2 aromatic carbocycles. The lowest BCUT2D eigenvalue weighted by atomic mass is 10.1. The number of nitrogens with one attached hydrogen (secondary N) is 1. The van der Waals surface area contributed by atoms with Crippen LogP contribution in [0.15, 0.2) is 59.6 Å². The lowest BCUT2D eigenvalue weighted by Gasteiger charge is -2.13. The third kappa shape index (κ3) is 10.9. The van der Waals surface area contributed by atoms with Gasteiger partial charge >= 0.3 is 0 Å². The number of anilines is 1. The maximum atomic E-state index is 12.9. The molecule has 0 spiro atoms. The Bertz CT molecular complexity index is 1070. The molecule has 5 nitrogen and oxygen atoms in total. The highest BCUT2D eigenvalue weighted by molar-refractivity contribution is 7.07. The van der Waals surface area contributed by atoms with Crippen LogP contribution >= 0.6 is 11.3 Å². The number of hydrogen-bond donors (Lipinski definition) is 1. The fraction of sp³-hybridized carbons (Fsp3) is 0.500. The molecule has 0 fully saturated rings. The predicted molar refractivity (Wildman–Crippen MR) is 158 cm³/mol. The third-order valence-electron chi connectivity index (χ3n) is 6.76. The van der Waals surface area contributed by atoms with Gasteiger partial charge in [0.1, 0.15) is 0 Å². The van der Waals surface area contributed by atoms with Crippen LogP contribution in [-0.2, 0) is 6.54 Å². The summed E-state index contributed by atoms with van der Waals surface area (Å²) in [5.41, 5.74) is 4.51. The molecular weight excluding hydrogens is 492 g/mol. The molecule has 0 aliphatic heterocycles. The van der Waals surface area contributed by atoms with Crippen molar-refractivity contribution < 1.29 is 18.8 Å². The molecule has 0 saturated carbocycles. The van der Waals surface area contributed by atoms with E-state index in [4.69, 9.17) is 9.47 Å². The number of amides is 1. The van der Waals surface area contributed by atoms with Gasteiger partial charge in [0.25, 0.3) is 5.91 Å². The van der Waals surface area contributed by atoms with Crippen LogP contribution in [0.25, 0.3) is 0 Å². The second kappa shape index (κ2) is 17.6. The zero-order valence-corrected chi connectivity index (χ0v) is 24.1. The summed E-state index contributed by atoms with van der Waals surface area (Å²) in [5.74, 6) is 1.09. The van der Waals surface area contributed by atoms with E-state index in [0.29, 0.717) is 23.7 Å². The zero-order valence-electron chi connectivity index (χ0n) is 23.3. The van der Waals surface area contributed by atoms with Crippen LogP contribution in [-0.4, -0.2) is 19.6 Å². The van der Waals surface area contributed by atoms with Gasteiger partial charge < -0.3 is 14.8 Å². The van der Waals surface area contributed by atoms with E-state index >= 15 is 0 Å². The molecule has 1 heterocycles. The number of rotatable bonds is 19. The number of nitrogens with zero attached hydrogens (tertiary/aromatic N) is 1. The van der Waals surface area contributed by atoms with Crippen molar-refractivity contribution >= 4 is 22.9 Å². The molecule has 1 N–H and O–H groups in total. The van der Waals surface area contributed by atoms with E-state index in [-0.39, 0.29) is 5.91 Å². The molecular formula is C32H45N2O3S+. The number of benzene rings is 2. The Morgan fingerprint density at radius 3 is 2.24 bits per heavy atom. The highest BCUT2D eigenvalue weighted by Crippen LogP contribution is 2.29. The van der Waals surface area contributed by atoms with Crippen LogP contribution in [0.4, 0.5) is 5.69 Å². The highest BCUT2D eigenvalue weighted by atomic mass is 32.1. The maximum absolute atomic E-state index is 12.9. The van der Waals surface area contributed by atoms with Gasteiger partial charge in [-0.05, 0) is 36.8 Å². The van der Waals surface area contributed by atoms with Gasteiger partial charge in [0.2, 0.25) is 5.51 Å². The summed E-state index contributed by atoms with van der Waals surface area (Å²) in [4.78, 5) is 12.9. The quantitative estimate of drug-likeness (QED) is 0.123. The summed E-state index contributed by atoms with van der Waals surface area (Å²) in [7, 11) is 1.61. The van der Waals surface area contributed by atoms with Crippen LogP contribution in [0, 0.1) is 0 Å². The van der Waals surface area contributed by atoms with E-state index in [1.165, 1.54) is 70.6 Å². The van der Waals surface area contributed by atoms with Crippen LogP contribution in [0.2, 0.25) is 0 Å². The number of methoxy groups -OCH3 is 1. The van der Waals surface area contributed by atoms with E-state index in [1.807, 2.05) is 35.8 Å². The summed E-state index contributed by atoms with van der Waals surface area (Å²) in [6.07, 6.45) is 17.9. The van der Waals surface area contributed by atoms with Gasteiger partial charge in [-0.1, -0.05) is 101 Å². The molecule has 0 radical (unpaired) electrons. The molecule has 3 aromatic rings. The molecule has 0 aliphatic rings. The van der Waals surface area contributed by atoms with E-state index in [9.17, 15) is 4.79 Å². The van der Waals surface area contributed by atoms with Crippen molar-refractivity contribution in [2.24, 2.45) is 0 Å². The fourth-order valence-corrected chi connectivity index (χ4v) is 5.16. The number of thiazole rings is 1. The Morgan fingerprint density at radius 1 is 0.868 bits per heavy atom. The Balaban J connectivity index is 1.36. The molecule has 1 aromatic heterocycles. The lowest BCUT2D eigenvalue weighted by Crippen LogP contribution is -2.30. The first-order chi connectivity index (χ1) is 18.7. The Labute approximate surface area is 233 Å². The standard InChI is InChI=1S/C32H44N2O3S/c1-3-4-5-6-7-8-9-10-11-12-13-14-21-37-30-19-18-28(24-31(30)36-2)32(35)33-29-17-15-16-27(23-29)25-34-20-22-38-26-34/h15-20,22-24,26H,3-14,21,25H2,1-2H3/p+1. The number of carbonyl (C=O) groups excluding carboxylic acids is 1. The molecule has 0 unspecified atom stereocenters. The number of carbonyl (C=O) groups is 1. The van der Waals surface area contributed by atoms with Crippen molar-refractivity contribution in [3.05, 3.63) is 70.7 Å². The monoisotopic (exact) mass is 537 g/mol. The van der Waals surface area contributed by atoms with Crippen LogP contribution in [0.1, 0.15) is 99.9 Å². The van der Waals surface area contributed by atoms with Crippen molar-refractivity contribution in [2.75, 3.05) is 19.0 Å². The van der Waals surface area contributed by atoms with E-state index in [0.717, 1.165) is 24.2 Å². The number of hydrogen-bond acceptors (Lipinski definition) is 4. The first-order valence-corrected chi connectivity index (χ1v) is 15.3. The van der Waals surface area contributed by atoms with Crippen molar-refractivity contribution in [3.63, 3.8) is 0 Å². The van der Waals surface area contributed by atoms with Crippen molar-refractivity contribution in [2.45, 2.75) is 90.5 Å². The summed E-state index contributed by atoms with van der Waals surface area (Å²) in [5, 5.41) is 5.05. The van der Waals surface area contributed by atoms with Gasteiger partial charge in [0.05, 0.1) is 19.1 Å². The summed E-state index contributed by atoms with van der Waals surface area (Å²) < 4.78 is 13.6. The first kappa shape index (κ1) is 29.7. The fourth-order valence-electron chi connectivity index (χ4n) is 4.57. The zero-order chi connectivity index (χ0) is 26.8. The second-order valence-electron chi connectivity index (χ2n) is 9.96. The Morgan fingerprint density at radius 2 is 1.58 bits per heavy atom. The average molecular weight is 538 g/mol. The normalized spacial score (nSPS) is 10.9. The predicted octanol–water partition coefficient (Wildman–Crippen LogP) is 8.42. The number of unbranched alkanes of at least 4 members (excludes halogenated alkanes) is 11. The molecule has 0 saturated heterocycles. The third-order valence-corrected chi connectivity index (χ3v) is 7.43. The van der Waals surface area contributed by atoms with Crippen molar-refractivity contribution in [3.8, 4) is 11.5 Å². The van der Waals surface area contributed by atoms with E-state index < -0.39 is 0 Å². The van der Waals surface area contributed by atoms with Gasteiger partial charge in [-0.25, -0.2) is 0 Å². The van der Waals surface area contributed by atoms with Crippen molar-refractivity contribution in [1.82, 2.24) is 0 Å². The summed E-state index contributed by atoms with van der Waals surface area (Å²) in [6.45, 7) is 3.70. The Hall–Kier alpha value is -2.86. The SMILES string of the molecule is CCCCCCCCCCCCCCOc1ccc(C(=O)Nc2cccc(C[n+]3ccsc3)c2)cc1OC. The van der Waals surface area contributed by atoms with Crippen LogP contribution < -0.4 is 19.4 Å². The summed E-state index contributed by atoms with van der Waals surface area (Å²) >= 11 is 1.66. The smallest absolute Gasteiger partial charge is 0.255 e. The van der Waals surface area contributed by atoms with Gasteiger partial charge in [-0.15, -0.1) is 0 Å². The molecule has 0 atom stereocenters. The second-order valence-corrected chi connectivity index (χ2v) is 10.7. The van der Waals surface area contributed by atoms with Gasteiger partial charge in [-0.2, -0.15) is 4.57 Å². The minimum atomic E-state index is -0.170. The van der Waals surface area contributed by atoms with Crippen molar-refractivity contribution in [1.29, 1.82) is 0 Å². The van der Waals surface area contributed by atoms with Gasteiger partial charge in [0, 0.05) is 16.8 Å². The minimum absolute atomic E-state index is 0.170. The largest absolute Gasteiger partial charge is 0.493 e. The molecule has 3 rings (SSSR count). The van der Waals surface area contributed by atoms with E-state index in [1.54, 1.807) is 30.6 Å². The number of aromatic nitrogens is 1. The minimum Gasteiger partial charge on any atom is -0.493 e. The van der Waals surface area contributed by atoms with Gasteiger partial charge in [-0.3, -0.25) is 4.79 Å². The van der Waals surface area contributed by atoms with Crippen LogP contribution in [0.5, 0.6) is 11.5 Å². The lowest BCUT2D eigenvalue weighted by molar-refractivity contribution is -0.683. The van der Waals surface area contributed by atoms with Gasteiger partial charge in [0.15, 0.2) is 24.2 Å². The highest BCUT2D eigenvalue weighted by Gasteiger charge is 2.12.